The first-order valence-corrected chi connectivity index (χ1v) is 13.8. The third kappa shape index (κ3) is 4.96. The summed E-state index contributed by atoms with van der Waals surface area (Å²) in [6.07, 6.45) is 10.2. The summed E-state index contributed by atoms with van der Waals surface area (Å²) in [7, 11) is 0. The molecule has 3 aromatic rings. The van der Waals surface area contributed by atoms with E-state index in [-0.39, 0.29) is 17.9 Å². The molecule has 0 radical (unpaired) electrons. The largest absolute Gasteiger partial charge is 0.354 e. The number of carbonyl (C=O) groups excluding carboxylic acids is 1. The Bertz CT molecular complexity index is 1190. The van der Waals surface area contributed by atoms with Gasteiger partial charge in [-0.1, -0.05) is 36.8 Å². The van der Waals surface area contributed by atoms with Gasteiger partial charge in [-0.15, -0.1) is 0 Å². The average molecular weight is 488 g/mol. The minimum absolute atomic E-state index is 0.00782. The Labute approximate surface area is 213 Å². The van der Waals surface area contributed by atoms with Crippen molar-refractivity contribution in [3.8, 4) is 0 Å². The van der Waals surface area contributed by atoms with E-state index in [1.54, 1.807) is 6.33 Å². The number of benzene rings is 1. The zero-order valence-corrected chi connectivity index (χ0v) is 21.1. The minimum Gasteiger partial charge on any atom is -0.354 e. The molecule has 190 valence electrons. The lowest BCUT2D eigenvalue weighted by atomic mass is 9.95. The van der Waals surface area contributed by atoms with Crippen LogP contribution in [0.2, 0.25) is 0 Å². The Hall–Kier alpha value is -3.00. The third-order valence-electron chi connectivity index (χ3n) is 8.15. The number of likely N-dealkylation sites (tertiary alicyclic amines) is 1. The highest BCUT2D eigenvalue weighted by Gasteiger charge is 2.31. The summed E-state index contributed by atoms with van der Waals surface area (Å²) in [5, 5.41) is 3.38. The number of imidazole rings is 1. The van der Waals surface area contributed by atoms with Crippen LogP contribution in [-0.2, 0) is 24.3 Å². The fraction of sp³-hybridized carbons (Fsp3) is 0.571. The molecule has 0 unspecified atom stereocenters. The maximum atomic E-state index is 13.3. The summed E-state index contributed by atoms with van der Waals surface area (Å²) >= 11 is 0. The van der Waals surface area contributed by atoms with E-state index in [0.29, 0.717) is 6.54 Å². The van der Waals surface area contributed by atoms with Gasteiger partial charge in [0, 0.05) is 51.7 Å². The van der Waals surface area contributed by atoms with Gasteiger partial charge in [0.1, 0.15) is 12.2 Å². The second-order valence-electron chi connectivity index (χ2n) is 10.7. The first-order valence-electron chi connectivity index (χ1n) is 13.8. The van der Waals surface area contributed by atoms with Crippen LogP contribution in [0.3, 0.4) is 0 Å². The van der Waals surface area contributed by atoms with Crippen LogP contribution in [0, 0.1) is 5.92 Å². The first kappa shape index (κ1) is 23.4. The molecule has 2 saturated heterocycles. The number of rotatable bonds is 5. The predicted molar refractivity (Wildman–Crippen MR) is 141 cm³/mol. The summed E-state index contributed by atoms with van der Waals surface area (Å²) in [5.41, 5.74) is 3.21. The highest BCUT2D eigenvalue weighted by Crippen LogP contribution is 2.29. The predicted octanol–water partition coefficient (Wildman–Crippen LogP) is 3.55. The summed E-state index contributed by atoms with van der Waals surface area (Å²) in [4.78, 5) is 32.3. The monoisotopic (exact) mass is 487 g/mol. The van der Waals surface area contributed by atoms with Crippen LogP contribution in [0.1, 0.15) is 56.3 Å². The van der Waals surface area contributed by atoms with Crippen molar-refractivity contribution in [1.29, 1.82) is 0 Å². The smallest absolute Gasteiger partial charge is 0.225 e. The van der Waals surface area contributed by atoms with Crippen LogP contribution < -0.4 is 10.2 Å². The molecule has 1 amide bonds. The molecule has 8 nitrogen and oxygen atoms in total. The third-order valence-corrected chi connectivity index (χ3v) is 8.15. The molecular weight excluding hydrogens is 450 g/mol. The molecule has 2 aromatic heterocycles. The van der Waals surface area contributed by atoms with Crippen molar-refractivity contribution in [2.24, 2.45) is 5.92 Å². The van der Waals surface area contributed by atoms with Gasteiger partial charge in [0.15, 0.2) is 17.0 Å². The van der Waals surface area contributed by atoms with Gasteiger partial charge in [-0.3, -0.25) is 9.69 Å². The topological polar surface area (TPSA) is 79.2 Å². The Balaban J connectivity index is 1.07. The molecule has 2 fully saturated rings. The number of aromatic nitrogens is 4. The van der Waals surface area contributed by atoms with Gasteiger partial charge < -0.3 is 14.8 Å². The van der Waals surface area contributed by atoms with Crippen molar-refractivity contribution in [1.82, 2.24) is 29.7 Å². The second kappa shape index (κ2) is 10.5. The highest BCUT2D eigenvalue weighted by molar-refractivity contribution is 5.85. The maximum absolute atomic E-state index is 13.3. The van der Waals surface area contributed by atoms with Crippen molar-refractivity contribution in [3.05, 3.63) is 48.0 Å². The Morgan fingerprint density at radius 2 is 1.81 bits per heavy atom. The van der Waals surface area contributed by atoms with Crippen LogP contribution in [0.15, 0.2) is 36.7 Å². The second-order valence-corrected chi connectivity index (χ2v) is 10.7. The maximum Gasteiger partial charge on any atom is 0.225 e. The number of nitrogens with one attached hydrogen (secondary N) is 1. The van der Waals surface area contributed by atoms with Crippen LogP contribution in [0.25, 0.3) is 11.2 Å². The lowest BCUT2D eigenvalue weighted by Gasteiger charge is -2.35. The molecule has 8 heteroatoms. The molecule has 0 aliphatic carbocycles. The van der Waals surface area contributed by atoms with E-state index >= 15 is 0 Å². The van der Waals surface area contributed by atoms with Gasteiger partial charge in [0.25, 0.3) is 0 Å². The number of nitrogens with zero attached hydrogens (tertiary/aromatic N) is 6. The summed E-state index contributed by atoms with van der Waals surface area (Å²) in [5.74, 6) is 2.22. The lowest BCUT2D eigenvalue weighted by Crippen LogP contribution is -2.49. The highest BCUT2D eigenvalue weighted by atomic mass is 16.2. The van der Waals surface area contributed by atoms with Gasteiger partial charge in [-0.2, -0.15) is 0 Å². The van der Waals surface area contributed by atoms with Gasteiger partial charge in [-0.25, -0.2) is 15.0 Å². The summed E-state index contributed by atoms with van der Waals surface area (Å²) in [6, 6.07) is 10.9. The van der Waals surface area contributed by atoms with E-state index in [2.05, 4.69) is 60.0 Å². The molecule has 3 aliphatic heterocycles. The normalized spacial score (nSPS) is 21.8. The minimum atomic E-state index is -0.00782. The molecule has 5 heterocycles. The van der Waals surface area contributed by atoms with Gasteiger partial charge in [0.05, 0.1) is 5.92 Å². The fourth-order valence-corrected chi connectivity index (χ4v) is 6.14. The van der Waals surface area contributed by atoms with Crippen LogP contribution in [-0.4, -0.2) is 62.5 Å². The molecule has 36 heavy (non-hydrogen) atoms. The number of carbonyl (C=O) groups is 1. The van der Waals surface area contributed by atoms with Crippen molar-refractivity contribution in [2.45, 2.75) is 70.5 Å². The van der Waals surface area contributed by atoms with E-state index in [1.165, 1.54) is 24.8 Å². The van der Waals surface area contributed by atoms with E-state index in [4.69, 9.17) is 4.98 Å². The van der Waals surface area contributed by atoms with E-state index in [9.17, 15) is 4.79 Å². The van der Waals surface area contributed by atoms with Gasteiger partial charge >= 0.3 is 0 Å². The molecular formula is C28H37N7O. The van der Waals surface area contributed by atoms with Crippen LogP contribution >= 0.6 is 0 Å². The number of fused-ring (bicyclic) bond motifs is 3. The number of hydrogen-bond acceptors (Lipinski definition) is 6. The molecule has 3 aliphatic rings. The lowest BCUT2D eigenvalue weighted by molar-refractivity contribution is -0.126. The molecule has 1 N–H and O–H groups in total. The van der Waals surface area contributed by atoms with Crippen molar-refractivity contribution >= 4 is 22.9 Å². The zero-order chi connectivity index (χ0) is 24.3. The van der Waals surface area contributed by atoms with E-state index in [0.717, 1.165) is 87.6 Å². The first-order chi connectivity index (χ1) is 17.7. The standard InChI is InChI=1S/C28H37N7O/c36-28(31-23-12-16-33(17-13-23)18-21-8-3-1-4-9-21)22-10-7-14-34(19-22)26-25-27(30-20-29-26)35-15-6-2-5-11-24(35)32-25/h1,3-4,8-9,20,22-23H,2,5-7,10-19H2,(H,31,36)/t22-/m0/s1. The summed E-state index contributed by atoms with van der Waals surface area (Å²) in [6.45, 7) is 5.64. The number of anilines is 1. The molecule has 1 aromatic carbocycles. The fourth-order valence-electron chi connectivity index (χ4n) is 6.14. The average Bonchev–Trinajstić information content (AvgIpc) is 3.11. The van der Waals surface area contributed by atoms with Crippen LogP contribution in [0.4, 0.5) is 5.82 Å². The molecule has 0 spiro atoms. The molecule has 6 rings (SSSR count). The number of aryl methyl sites for hydroxylation is 2. The SMILES string of the molecule is O=C(NC1CCN(Cc2ccccc2)CC1)[C@H]1CCCN(c2ncnc3c2nc2n3CCCCC2)C1. The zero-order valence-electron chi connectivity index (χ0n) is 21.1. The Morgan fingerprint density at radius 1 is 0.944 bits per heavy atom. The van der Waals surface area contributed by atoms with Crippen molar-refractivity contribution in [3.63, 3.8) is 0 Å². The molecule has 0 bridgehead atoms. The quantitative estimate of drug-likeness (QED) is 0.593. The number of hydrogen-bond donors (Lipinski definition) is 1. The number of piperidine rings is 2. The van der Waals surface area contributed by atoms with Gasteiger partial charge in [0.2, 0.25) is 5.91 Å². The molecule has 0 saturated carbocycles. The van der Waals surface area contributed by atoms with Gasteiger partial charge in [-0.05, 0) is 44.1 Å². The number of amides is 1. The van der Waals surface area contributed by atoms with Crippen molar-refractivity contribution in [2.75, 3.05) is 31.1 Å². The Kier molecular flexibility index (Phi) is 6.86. The Morgan fingerprint density at radius 3 is 2.67 bits per heavy atom. The van der Waals surface area contributed by atoms with Crippen molar-refractivity contribution < 1.29 is 4.79 Å². The van der Waals surface area contributed by atoms with E-state index in [1.807, 2.05) is 0 Å². The van der Waals surface area contributed by atoms with Crippen LogP contribution in [0.5, 0.6) is 0 Å². The summed E-state index contributed by atoms with van der Waals surface area (Å²) < 4.78 is 2.28. The molecule has 1 atom stereocenters. The van der Waals surface area contributed by atoms with E-state index < -0.39 is 0 Å².